The molecular weight excluding hydrogens is 194 g/mol. The Balaban J connectivity index is 2.68. The van der Waals surface area contributed by atoms with Gasteiger partial charge in [0.15, 0.2) is 6.21 Å². The Kier molecular flexibility index (Phi) is 4.15. The molecule has 0 unspecified atom stereocenters. The zero-order valence-corrected chi connectivity index (χ0v) is 8.58. The zero-order valence-electron chi connectivity index (χ0n) is 8.58. The molecule has 0 radical (unpaired) electrons. The van der Waals surface area contributed by atoms with E-state index >= 15 is 0 Å². The average Bonchev–Trinajstić information content (AvgIpc) is 2.57. The molecule has 0 atom stereocenters. The van der Waals surface area contributed by atoms with Crippen LogP contribution in [0.3, 0.4) is 0 Å². The highest BCUT2D eigenvalue weighted by Gasteiger charge is 2.11. The molecule has 0 bridgehead atoms. The van der Waals surface area contributed by atoms with Crippen molar-refractivity contribution in [3.05, 3.63) is 43.2 Å². The minimum atomic E-state index is 0.354. The summed E-state index contributed by atoms with van der Waals surface area (Å²) in [6.07, 6.45) is 9.90. The van der Waals surface area contributed by atoms with Gasteiger partial charge in [-0.25, -0.2) is 4.57 Å². The molecule has 0 saturated heterocycles. The van der Waals surface area contributed by atoms with Crippen LogP contribution in [0, 0.1) is 0 Å². The molecule has 1 N–H and O–H groups in total. The first-order valence-corrected chi connectivity index (χ1v) is 4.41. The summed E-state index contributed by atoms with van der Waals surface area (Å²) >= 11 is 0. The van der Waals surface area contributed by atoms with Crippen LogP contribution in [0.4, 0.5) is 0 Å². The molecule has 0 aliphatic carbocycles. The number of hydrogen-bond acceptors (Lipinski definition) is 3. The van der Waals surface area contributed by atoms with E-state index in [0.29, 0.717) is 6.73 Å². The fourth-order valence-electron chi connectivity index (χ4n) is 1.10. The summed E-state index contributed by atoms with van der Waals surface area (Å²) in [7, 11) is 1.85. The second kappa shape index (κ2) is 5.64. The van der Waals surface area contributed by atoms with Gasteiger partial charge in [0.25, 0.3) is 0 Å². The van der Waals surface area contributed by atoms with Crippen molar-refractivity contribution in [1.82, 2.24) is 4.57 Å². The molecule has 0 fully saturated rings. The Morgan fingerprint density at radius 2 is 2.53 bits per heavy atom. The molecule has 0 saturated carbocycles. The summed E-state index contributed by atoms with van der Waals surface area (Å²) in [6, 6.07) is 0. The first-order chi connectivity index (χ1) is 7.29. The minimum Gasteiger partial charge on any atom is -0.462 e. The van der Waals surface area contributed by atoms with Gasteiger partial charge in [0.1, 0.15) is 12.4 Å². The number of hydrogen-bond donors (Lipinski definition) is 1. The molecule has 5 heteroatoms. The molecule has 1 aromatic heterocycles. The highest BCUT2D eigenvalue weighted by atomic mass is 16.5. The van der Waals surface area contributed by atoms with Crippen molar-refractivity contribution >= 4 is 6.21 Å². The van der Waals surface area contributed by atoms with E-state index < -0.39 is 0 Å². The van der Waals surface area contributed by atoms with Gasteiger partial charge in [0.05, 0.1) is 13.3 Å². The Labute approximate surface area is 88.2 Å². The first-order valence-electron chi connectivity index (χ1n) is 4.41. The third kappa shape index (κ3) is 2.98. The zero-order chi connectivity index (χ0) is 11.1. The van der Waals surface area contributed by atoms with Gasteiger partial charge < -0.3 is 9.94 Å². The fraction of sp³-hybridized carbons (Fsp3) is 0.200. The van der Waals surface area contributed by atoms with Crippen LogP contribution in [0.2, 0.25) is 0 Å². The standard InChI is InChI=1S/C10H13N3O2/c1-3-4-7-15-9-13-6-5-12(2)10(13)8-11-14/h3-8H,1,9H2,2H3/p+1. The monoisotopic (exact) mass is 208 g/mol. The van der Waals surface area contributed by atoms with Crippen molar-refractivity contribution in [2.45, 2.75) is 6.73 Å². The topological polar surface area (TPSA) is 50.6 Å². The van der Waals surface area contributed by atoms with E-state index in [4.69, 9.17) is 9.94 Å². The quantitative estimate of drug-likeness (QED) is 0.194. The molecule has 0 aliphatic heterocycles. The largest absolute Gasteiger partial charge is 0.462 e. The maximum atomic E-state index is 8.47. The lowest BCUT2D eigenvalue weighted by molar-refractivity contribution is -0.672. The number of aromatic nitrogens is 2. The van der Waals surface area contributed by atoms with E-state index in [1.165, 1.54) is 6.21 Å². The molecule has 0 aliphatic rings. The Bertz CT molecular complexity index is 380. The van der Waals surface area contributed by atoms with Gasteiger partial charge in [0, 0.05) is 0 Å². The maximum Gasteiger partial charge on any atom is 0.306 e. The van der Waals surface area contributed by atoms with E-state index in [2.05, 4.69) is 11.7 Å². The average molecular weight is 208 g/mol. The van der Waals surface area contributed by atoms with Crippen molar-refractivity contribution < 1.29 is 14.5 Å². The van der Waals surface area contributed by atoms with E-state index in [9.17, 15) is 0 Å². The lowest BCUT2D eigenvalue weighted by Gasteiger charge is -1.97. The van der Waals surface area contributed by atoms with Gasteiger partial charge >= 0.3 is 5.82 Å². The second-order valence-electron chi connectivity index (χ2n) is 2.84. The van der Waals surface area contributed by atoms with Gasteiger partial charge in [-0.3, -0.25) is 0 Å². The van der Waals surface area contributed by atoms with Crippen LogP contribution in [0.1, 0.15) is 5.82 Å². The summed E-state index contributed by atoms with van der Waals surface area (Å²) < 4.78 is 8.83. The van der Waals surface area contributed by atoms with Gasteiger partial charge in [-0.05, 0) is 6.08 Å². The van der Waals surface area contributed by atoms with Gasteiger partial charge in [-0.15, -0.1) is 0 Å². The van der Waals surface area contributed by atoms with E-state index in [-0.39, 0.29) is 0 Å². The Hall–Kier alpha value is -2.04. The third-order valence-electron chi connectivity index (χ3n) is 1.82. The van der Waals surface area contributed by atoms with E-state index in [1.807, 2.05) is 24.0 Å². The highest BCUT2D eigenvalue weighted by Crippen LogP contribution is 1.93. The van der Waals surface area contributed by atoms with Crippen molar-refractivity contribution in [1.29, 1.82) is 0 Å². The van der Waals surface area contributed by atoms with Crippen molar-refractivity contribution in [2.24, 2.45) is 12.2 Å². The molecule has 1 heterocycles. The number of imidazole rings is 1. The molecular formula is C10H14N3O2+. The van der Waals surface area contributed by atoms with Crippen LogP contribution >= 0.6 is 0 Å². The van der Waals surface area contributed by atoms with Gasteiger partial charge in [-0.1, -0.05) is 17.8 Å². The molecule has 80 valence electrons. The summed E-state index contributed by atoms with van der Waals surface area (Å²) in [5, 5.41) is 11.5. The summed E-state index contributed by atoms with van der Waals surface area (Å²) in [5.41, 5.74) is 0. The number of ether oxygens (including phenoxy) is 1. The molecule has 15 heavy (non-hydrogen) atoms. The van der Waals surface area contributed by atoms with Crippen LogP contribution in [0.25, 0.3) is 0 Å². The van der Waals surface area contributed by atoms with Crippen LogP contribution in [0.5, 0.6) is 0 Å². The van der Waals surface area contributed by atoms with Crippen LogP contribution in [0.15, 0.2) is 42.5 Å². The fourth-order valence-corrected chi connectivity index (χ4v) is 1.10. The molecule has 1 aromatic rings. The number of aryl methyl sites for hydroxylation is 1. The number of oxime groups is 1. The predicted octanol–water partition coefficient (Wildman–Crippen LogP) is 0.794. The smallest absolute Gasteiger partial charge is 0.306 e. The molecule has 0 aromatic carbocycles. The van der Waals surface area contributed by atoms with Crippen LogP contribution < -0.4 is 4.57 Å². The third-order valence-corrected chi connectivity index (χ3v) is 1.82. The van der Waals surface area contributed by atoms with Crippen molar-refractivity contribution in [3.63, 3.8) is 0 Å². The number of rotatable bonds is 5. The lowest BCUT2D eigenvalue weighted by Crippen LogP contribution is -2.32. The normalized spacial score (nSPS) is 11.3. The summed E-state index contributed by atoms with van der Waals surface area (Å²) in [4.78, 5) is 0. The number of nitrogens with zero attached hydrogens (tertiary/aromatic N) is 3. The van der Waals surface area contributed by atoms with Gasteiger partial charge in [-0.2, -0.15) is 4.57 Å². The SMILES string of the molecule is C=CC=COCn1cc[n+](C)c1C=NO. The second-order valence-corrected chi connectivity index (χ2v) is 2.84. The Morgan fingerprint density at radius 1 is 1.73 bits per heavy atom. The molecule has 0 spiro atoms. The Morgan fingerprint density at radius 3 is 3.20 bits per heavy atom. The van der Waals surface area contributed by atoms with E-state index in [1.54, 1.807) is 23.0 Å². The van der Waals surface area contributed by atoms with Crippen LogP contribution in [-0.2, 0) is 18.5 Å². The van der Waals surface area contributed by atoms with Crippen LogP contribution in [-0.4, -0.2) is 16.0 Å². The summed E-state index contributed by atoms with van der Waals surface area (Å²) in [5.74, 6) is 0.740. The maximum absolute atomic E-state index is 8.47. The lowest BCUT2D eigenvalue weighted by atomic mass is 10.6. The highest BCUT2D eigenvalue weighted by molar-refractivity contribution is 5.72. The molecule has 0 amide bonds. The minimum absolute atomic E-state index is 0.354. The molecule has 1 rings (SSSR count). The molecule has 5 nitrogen and oxygen atoms in total. The van der Waals surface area contributed by atoms with Crippen molar-refractivity contribution in [2.75, 3.05) is 0 Å². The van der Waals surface area contributed by atoms with E-state index in [0.717, 1.165) is 5.82 Å². The van der Waals surface area contributed by atoms with Gasteiger partial charge in [0.2, 0.25) is 6.73 Å². The summed E-state index contributed by atoms with van der Waals surface area (Å²) in [6.45, 7) is 3.88. The first kappa shape index (κ1) is 11.0. The number of allylic oxidation sites excluding steroid dienone is 2. The van der Waals surface area contributed by atoms with Crippen molar-refractivity contribution in [3.8, 4) is 0 Å². The predicted molar refractivity (Wildman–Crippen MR) is 55.4 cm³/mol.